The fourth-order valence-corrected chi connectivity index (χ4v) is 1.76. The van der Waals surface area contributed by atoms with E-state index < -0.39 is 12.8 Å². The summed E-state index contributed by atoms with van der Waals surface area (Å²) in [6, 6.07) is 10.3. The third-order valence-corrected chi connectivity index (χ3v) is 2.79. The molecule has 106 valence electrons. The molecular weight excluding hydrogens is 267 g/mol. The van der Waals surface area contributed by atoms with Gasteiger partial charge in [-0.15, -0.1) is 0 Å². The van der Waals surface area contributed by atoms with Crippen molar-refractivity contribution in [1.29, 1.82) is 0 Å². The normalized spacial score (nSPS) is 11.4. The van der Waals surface area contributed by atoms with Crippen LogP contribution in [0.3, 0.4) is 0 Å². The summed E-state index contributed by atoms with van der Waals surface area (Å²) in [5.41, 5.74) is 2.22. The van der Waals surface area contributed by atoms with Crippen LogP contribution < -0.4 is 4.74 Å². The van der Waals surface area contributed by atoms with Gasteiger partial charge >= 0.3 is 6.18 Å². The molecule has 0 saturated carbocycles. The van der Waals surface area contributed by atoms with Crippen LogP contribution in [0.1, 0.15) is 12.5 Å². The lowest BCUT2D eigenvalue weighted by atomic mass is 10.1. The predicted molar refractivity (Wildman–Crippen MR) is 70.6 cm³/mol. The molecule has 0 aliphatic rings. The van der Waals surface area contributed by atoms with Crippen molar-refractivity contribution in [2.75, 3.05) is 6.61 Å². The number of pyridine rings is 1. The number of hydrogen-bond donors (Lipinski definition) is 0. The average molecular weight is 281 g/mol. The van der Waals surface area contributed by atoms with Crippen molar-refractivity contribution in [1.82, 2.24) is 4.98 Å². The number of hydrogen-bond acceptors (Lipinski definition) is 2. The first kappa shape index (κ1) is 14.4. The minimum atomic E-state index is -4.35. The highest BCUT2D eigenvalue weighted by Crippen LogP contribution is 2.29. The van der Waals surface area contributed by atoms with Gasteiger partial charge in [-0.25, -0.2) is 0 Å². The van der Waals surface area contributed by atoms with E-state index in [9.17, 15) is 13.2 Å². The zero-order valence-corrected chi connectivity index (χ0v) is 10.9. The highest BCUT2D eigenvalue weighted by atomic mass is 19.4. The van der Waals surface area contributed by atoms with E-state index >= 15 is 0 Å². The standard InChI is InChI=1S/C15H14F3NO/c1-2-11-7-8-13(19-9-11)12-5-3-4-6-14(12)20-10-15(16,17)18/h3-9H,2,10H2,1H3. The van der Waals surface area contributed by atoms with E-state index in [2.05, 4.69) is 4.98 Å². The molecule has 0 amide bonds. The number of benzene rings is 1. The Kier molecular flexibility index (Phi) is 4.27. The molecule has 0 spiro atoms. The topological polar surface area (TPSA) is 22.1 Å². The lowest BCUT2D eigenvalue weighted by molar-refractivity contribution is -0.153. The smallest absolute Gasteiger partial charge is 0.422 e. The second-order valence-corrected chi connectivity index (χ2v) is 4.31. The van der Waals surface area contributed by atoms with Crippen molar-refractivity contribution in [3.8, 4) is 17.0 Å². The Morgan fingerprint density at radius 3 is 2.45 bits per heavy atom. The lowest BCUT2D eigenvalue weighted by Crippen LogP contribution is -2.19. The van der Waals surface area contributed by atoms with Gasteiger partial charge in [0.2, 0.25) is 0 Å². The predicted octanol–water partition coefficient (Wildman–Crippen LogP) is 4.25. The van der Waals surface area contributed by atoms with E-state index in [0.717, 1.165) is 12.0 Å². The van der Waals surface area contributed by atoms with Crippen LogP contribution in [0.25, 0.3) is 11.3 Å². The quantitative estimate of drug-likeness (QED) is 0.835. The van der Waals surface area contributed by atoms with Crippen molar-refractivity contribution in [3.05, 3.63) is 48.2 Å². The van der Waals surface area contributed by atoms with Crippen LogP contribution in [0.4, 0.5) is 13.2 Å². The molecule has 0 N–H and O–H groups in total. The van der Waals surface area contributed by atoms with Gasteiger partial charge in [0, 0.05) is 11.8 Å². The summed E-state index contributed by atoms with van der Waals surface area (Å²) in [6.07, 6.45) is -1.78. The van der Waals surface area contributed by atoms with Crippen LogP contribution in [0.15, 0.2) is 42.6 Å². The van der Waals surface area contributed by atoms with Crippen molar-refractivity contribution < 1.29 is 17.9 Å². The second-order valence-electron chi connectivity index (χ2n) is 4.31. The Balaban J connectivity index is 2.26. The number of nitrogens with zero attached hydrogens (tertiary/aromatic N) is 1. The highest BCUT2D eigenvalue weighted by Gasteiger charge is 2.28. The molecule has 0 aliphatic heterocycles. The number of halogens is 3. The number of alkyl halides is 3. The molecule has 1 heterocycles. The summed E-state index contributed by atoms with van der Waals surface area (Å²) in [5, 5.41) is 0. The first-order valence-electron chi connectivity index (χ1n) is 6.23. The number of para-hydroxylation sites is 1. The van der Waals surface area contributed by atoms with E-state index in [0.29, 0.717) is 11.3 Å². The van der Waals surface area contributed by atoms with Gasteiger partial charge < -0.3 is 4.74 Å². The molecule has 0 aliphatic carbocycles. The Bertz CT molecular complexity index is 564. The van der Waals surface area contributed by atoms with Crippen molar-refractivity contribution >= 4 is 0 Å². The fraction of sp³-hybridized carbons (Fsp3) is 0.267. The van der Waals surface area contributed by atoms with Crippen LogP contribution >= 0.6 is 0 Å². The van der Waals surface area contributed by atoms with Gasteiger partial charge in [0.1, 0.15) is 5.75 Å². The zero-order chi connectivity index (χ0) is 14.6. The summed E-state index contributed by atoms with van der Waals surface area (Å²) in [5.74, 6) is 0.182. The summed E-state index contributed by atoms with van der Waals surface area (Å²) < 4.78 is 41.5. The molecule has 1 aromatic heterocycles. The molecule has 0 saturated heterocycles. The Morgan fingerprint density at radius 2 is 1.85 bits per heavy atom. The van der Waals surface area contributed by atoms with Gasteiger partial charge in [-0.2, -0.15) is 13.2 Å². The van der Waals surface area contributed by atoms with E-state index in [1.807, 2.05) is 13.0 Å². The molecular formula is C15H14F3NO. The van der Waals surface area contributed by atoms with Gasteiger partial charge in [-0.05, 0) is 30.2 Å². The maximum absolute atomic E-state index is 12.2. The Hall–Kier alpha value is -2.04. The molecule has 2 nitrogen and oxygen atoms in total. The Labute approximate surface area is 115 Å². The van der Waals surface area contributed by atoms with E-state index in [1.165, 1.54) is 6.07 Å². The minimum absolute atomic E-state index is 0.182. The molecule has 0 bridgehead atoms. The molecule has 0 fully saturated rings. The SMILES string of the molecule is CCc1ccc(-c2ccccc2OCC(F)(F)F)nc1. The molecule has 5 heteroatoms. The summed E-state index contributed by atoms with van der Waals surface area (Å²) in [7, 11) is 0. The van der Waals surface area contributed by atoms with E-state index in [-0.39, 0.29) is 5.75 Å². The first-order valence-corrected chi connectivity index (χ1v) is 6.23. The molecule has 1 aromatic carbocycles. The number of ether oxygens (including phenoxy) is 1. The molecule has 0 atom stereocenters. The summed E-state index contributed by atoms with van der Waals surface area (Å²) >= 11 is 0. The second kappa shape index (κ2) is 5.94. The van der Waals surface area contributed by atoms with Crippen molar-refractivity contribution in [3.63, 3.8) is 0 Å². The average Bonchev–Trinajstić information content (AvgIpc) is 2.45. The first-order chi connectivity index (χ1) is 9.49. The van der Waals surface area contributed by atoms with Gasteiger partial charge in [0.25, 0.3) is 0 Å². The van der Waals surface area contributed by atoms with Gasteiger partial charge in [-0.3, -0.25) is 4.98 Å². The fourth-order valence-electron chi connectivity index (χ4n) is 1.76. The van der Waals surface area contributed by atoms with Crippen LogP contribution in [-0.4, -0.2) is 17.8 Å². The maximum atomic E-state index is 12.2. The van der Waals surface area contributed by atoms with E-state index in [4.69, 9.17) is 4.74 Å². The minimum Gasteiger partial charge on any atom is -0.483 e. The molecule has 0 unspecified atom stereocenters. The van der Waals surface area contributed by atoms with Crippen LogP contribution in [0.2, 0.25) is 0 Å². The largest absolute Gasteiger partial charge is 0.483 e. The number of aryl methyl sites for hydroxylation is 1. The van der Waals surface area contributed by atoms with Gasteiger partial charge in [-0.1, -0.05) is 25.1 Å². The van der Waals surface area contributed by atoms with Gasteiger partial charge in [0.05, 0.1) is 5.69 Å². The third kappa shape index (κ3) is 3.73. The van der Waals surface area contributed by atoms with Crippen molar-refractivity contribution in [2.24, 2.45) is 0 Å². The Morgan fingerprint density at radius 1 is 1.10 bits per heavy atom. The van der Waals surface area contributed by atoms with Crippen molar-refractivity contribution in [2.45, 2.75) is 19.5 Å². The highest BCUT2D eigenvalue weighted by molar-refractivity contribution is 5.67. The molecule has 20 heavy (non-hydrogen) atoms. The number of rotatable bonds is 4. The summed E-state index contributed by atoms with van der Waals surface area (Å²) in [6.45, 7) is 0.703. The monoisotopic (exact) mass is 281 g/mol. The van der Waals surface area contributed by atoms with Crippen LogP contribution in [0, 0.1) is 0 Å². The van der Waals surface area contributed by atoms with Gasteiger partial charge in [0.15, 0.2) is 6.61 Å². The summed E-state index contributed by atoms with van der Waals surface area (Å²) in [4.78, 5) is 4.26. The zero-order valence-electron chi connectivity index (χ0n) is 10.9. The lowest BCUT2D eigenvalue weighted by Gasteiger charge is -2.12. The molecule has 2 aromatic rings. The van der Waals surface area contributed by atoms with Crippen LogP contribution in [0.5, 0.6) is 5.75 Å². The molecule has 2 rings (SSSR count). The molecule has 0 radical (unpaired) electrons. The maximum Gasteiger partial charge on any atom is 0.422 e. The number of aromatic nitrogens is 1. The third-order valence-electron chi connectivity index (χ3n) is 2.79. The van der Waals surface area contributed by atoms with E-state index in [1.54, 1.807) is 30.5 Å². The van der Waals surface area contributed by atoms with Crippen LogP contribution in [-0.2, 0) is 6.42 Å².